The molecule has 1 aromatic heterocycles. The summed E-state index contributed by atoms with van der Waals surface area (Å²) in [6.07, 6.45) is 6.29. The summed E-state index contributed by atoms with van der Waals surface area (Å²) < 4.78 is 15.6. The lowest BCUT2D eigenvalue weighted by Crippen LogP contribution is -2.16. The molecule has 0 unspecified atom stereocenters. The van der Waals surface area contributed by atoms with Gasteiger partial charge >= 0.3 is 0 Å². The van der Waals surface area contributed by atoms with E-state index in [9.17, 15) is 4.39 Å². The van der Waals surface area contributed by atoms with Crippen molar-refractivity contribution in [2.75, 3.05) is 5.73 Å². The Hall–Kier alpha value is -1.98. The van der Waals surface area contributed by atoms with Crippen molar-refractivity contribution >= 4 is 5.69 Å². The lowest BCUT2D eigenvalue weighted by Gasteiger charge is -2.21. The summed E-state index contributed by atoms with van der Waals surface area (Å²) in [4.78, 5) is 0. The van der Waals surface area contributed by atoms with Crippen LogP contribution in [0.3, 0.4) is 0 Å². The van der Waals surface area contributed by atoms with E-state index in [1.165, 1.54) is 38.2 Å². The lowest BCUT2D eigenvalue weighted by molar-refractivity contribution is 0.307. The van der Waals surface area contributed by atoms with Gasteiger partial charge in [-0.3, -0.25) is 0 Å². The van der Waals surface area contributed by atoms with E-state index < -0.39 is 0 Å². The van der Waals surface area contributed by atoms with Crippen molar-refractivity contribution in [1.82, 2.24) is 20.2 Å². The first-order valence-electron chi connectivity index (χ1n) is 7.47. The summed E-state index contributed by atoms with van der Waals surface area (Å²) in [6.45, 7) is 2.46. The van der Waals surface area contributed by atoms with Gasteiger partial charge in [-0.2, -0.15) is 0 Å². The highest BCUT2D eigenvalue weighted by atomic mass is 19.1. The molecular formula is C15H20FN5. The fraction of sp³-hybridized carbons (Fsp3) is 0.533. The molecule has 1 fully saturated rings. The van der Waals surface area contributed by atoms with E-state index in [2.05, 4.69) is 15.5 Å². The van der Waals surface area contributed by atoms with Crippen LogP contribution in [0.25, 0.3) is 11.4 Å². The van der Waals surface area contributed by atoms with Gasteiger partial charge in [-0.1, -0.05) is 19.3 Å². The van der Waals surface area contributed by atoms with Crippen LogP contribution >= 0.6 is 0 Å². The number of aromatic nitrogens is 4. The normalized spacial score (nSPS) is 16.3. The minimum atomic E-state index is -0.322. The summed E-state index contributed by atoms with van der Waals surface area (Å²) in [5.41, 5.74) is 7.37. The number of benzene rings is 1. The minimum Gasteiger partial charge on any atom is -0.398 e. The molecule has 1 aliphatic carbocycles. The van der Waals surface area contributed by atoms with Crippen LogP contribution in [-0.2, 0) is 6.54 Å². The van der Waals surface area contributed by atoms with E-state index in [1.807, 2.05) is 0 Å². The number of halogens is 1. The van der Waals surface area contributed by atoms with E-state index >= 15 is 0 Å². The number of nitrogens with two attached hydrogens (primary N) is 1. The van der Waals surface area contributed by atoms with Gasteiger partial charge in [0.05, 0.1) is 0 Å². The maximum Gasteiger partial charge on any atom is 0.182 e. The first-order valence-corrected chi connectivity index (χ1v) is 7.47. The van der Waals surface area contributed by atoms with Crippen LogP contribution < -0.4 is 5.73 Å². The predicted octanol–water partition coefficient (Wildman–Crippen LogP) is 2.95. The largest absolute Gasteiger partial charge is 0.398 e. The Morgan fingerprint density at radius 2 is 2.05 bits per heavy atom. The zero-order chi connectivity index (χ0) is 14.8. The maximum atomic E-state index is 13.9. The average molecular weight is 289 g/mol. The van der Waals surface area contributed by atoms with Gasteiger partial charge in [0.25, 0.3) is 0 Å². The quantitative estimate of drug-likeness (QED) is 0.882. The van der Waals surface area contributed by atoms with Crippen LogP contribution in [0.1, 0.15) is 37.7 Å². The topological polar surface area (TPSA) is 69.6 Å². The first kappa shape index (κ1) is 14.0. The molecule has 1 aromatic carbocycles. The van der Waals surface area contributed by atoms with Crippen molar-refractivity contribution in [2.24, 2.45) is 5.92 Å². The summed E-state index contributed by atoms with van der Waals surface area (Å²) in [5.74, 6) is 0.872. The molecule has 21 heavy (non-hydrogen) atoms. The molecule has 2 aromatic rings. The number of anilines is 1. The molecule has 5 nitrogen and oxygen atoms in total. The summed E-state index contributed by atoms with van der Waals surface area (Å²) in [7, 11) is 0. The van der Waals surface area contributed by atoms with Gasteiger partial charge in [0.1, 0.15) is 5.82 Å². The van der Waals surface area contributed by atoms with E-state index in [-0.39, 0.29) is 5.82 Å². The molecule has 0 atom stereocenters. The monoisotopic (exact) mass is 289 g/mol. The second kappa shape index (κ2) is 5.79. The standard InChI is InChI=1S/C15H20FN5/c1-10-13(16)7-12(8-14(10)17)15-18-19-20-21(15)9-11-5-3-2-4-6-11/h7-8,11H,2-6,9,17H2,1H3. The Bertz CT molecular complexity index is 608. The van der Waals surface area contributed by atoms with Crippen LogP contribution in [0, 0.1) is 18.7 Å². The zero-order valence-electron chi connectivity index (χ0n) is 12.2. The first-order chi connectivity index (χ1) is 10.1. The van der Waals surface area contributed by atoms with Gasteiger partial charge in [-0.15, -0.1) is 5.10 Å². The molecule has 2 N–H and O–H groups in total. The molecule has 0 amide bonds. The summed E-state index contributed by atoms with van der Waals surface area (Å²) in [5, 5.41) is 11.8. The maximum absolute atomic E-state index is 13.9. The molecule has 0 spiro atoms. The van der Waals surface area contributed by atoms with E-state index in [0.717, 1.165) is 6.54 Å². The van der Waals surface area contributed by atoms with Crippen LogP contribution in [0.5, 0.6) is 0 Å². The van der Waals surface area contributed by atoms with E-state index in [0.29, 0.717) is 28.6 Å². The van der Waals surface area contributed by atoms with Crippen molar-refractivity contribution in [3.8, 4) is 11.4 Å². The fourth-order valence-corrected chi connectivity index (χ4v) is 2.98. The molecule has 0 radical (unpaired) electrons. The van der Waals surface area contributed by atoms with Crippen molar-refractivity contribution in [3.63, 3.8) is 0 Å². The minimum absolute atomic E-state index is 0.322. The van der Waals surface area contributed by atoms with Gasteiger partial charge in [0.15, 0.2) is 5.82 Å². The van der Waals surface area contributed by atoms with Gasteiger partial charge in [-0.05, 0) is 48.2 Å². The van der Waals surface area contributed by atoms with Crippen LogP contribution in [-0.4, -0.2) is 20.2 Å². The Balaban J connectivity index is 1.88. The Morgan fingerprint density at radius 3 is 2.76 bits per heavy atom. The highest BCUT2D eigenvalue weighted by Gasteiger charge is 2.18. The van der Waals surface area contributed by atoms with Crippen molar-refractivity contribution < 1.29 is 4.39 Å². The summed E-state index contributed by atoms with van der Waals surface area (Å²) in [6, 6.07) is 3.19. The van der Waals surface area contributed by atoms with E-state index in [4.69, 9.17) is 5.73 Å². The van der Waals surface area contributed by atoms with E-state index in [1.54, 1.807) is 17.7 Å². The third-order valence-electron chi connectivity index (χ3n) is 4.33. The Labute approximate surface area is 123 Å². The number of rotatable bonds is 3. The predicted molar refractivity (Wildman–Crippen MR) is 78.9 cm³/mol. The number of nitrogens with zero attached hydrogens (tertiary/aromatic N) is 4. The highest BCUT2D eigenvalue weighted by Crippen LogP contribution is 2.28. The average Bonchev–Trinajstić information content (AvgIpc) is 2.93. The molecule has 0 aliphatic heterocycles. The Morgan fingerprint density at radius 1 is 1.29 bits per heavy atom. The van der Waals surface area contributed by atoms with Gasteiger partial charge in [0.2, 0.25) is 0 Å². The molecular weight excluding hydrogens is 269 g/mol. The van der Waals surface area contributed by atoms with Crippen molar-refractivity contribution in [2.45, 2.75) is 45.6 Å². The van der Waals surface area contributed by atoms with Gasteiger partial charge < -0.3 is 5.73 Å². The molecule has 1 aliphatic rings. The molecule has 1 saturated carbocycles. The SMILES string of the molecule is Cc1c(N)cc(-c2nnnn2CC2CCCCC2)cc1F. The molecule has 3 rings (SSSR count). The summed E-state index contributed by atoms with van der Waals surface area (Å²) >= 11 is 0. The van der Waals surface area contributed by atoms with Gasteiger partial charge in [0, 0.05) is 23.4 Å². The molecule has 112 valence electrons. The third-order valence-corrected chi connectivity index (χ3v) is 4.33. The molecule has 0 saturated heterocycles. The van der Waals surface area contributed by atoms with Crippen LogP contribution in [0.2, 0.25) is 0 Å². The third kappa shape index (κ3) is 2.89. The number of nitrogen functional groups attached to an aromatic ring is 1. The molecule has 6 heteroatoms. The number of hydrogen-bond acceptors (Lipinski definition) is 4. The van der Waals surface area contributed by atoms with Crippen LogP contribution in [0.15, 0.2) is 12.1 Å². The number of hydrogen-bond donors (Lipinski definition) is 1. The van der Waals surface area contributed by atoms with Gasteiger partial charge in [-0.25, -0.2) is 9.07 Å². The van der Waals surface area contributed by atoms with Crippen LogP contribution in [0.4, 0.5) is 10.1 Å². The second-order valence-electron chi connectivity index (χ2n) is 5.86. The molecule has 0 bridgehead atoms. The van der Waals surface area contributed by atoms with Crippen molar-refractivity contribution in [3.05, 3.63) is 23.5 Å². The highest BCUT2D eigenvalue weighted by molar-refractivity contribution is 5.63. The lowest BCUT2D eigenvalue weighted by atomic mass is 9.89. The fourth-order valence-electron chi connectivity index (χ4n) is 2.98. The zero-order valence-corrected chi connectivity index (χ0v) is 12.2. The Kier molecular flexibility index (Phi) is 3.86. The smallest absolute Gasteiger partial charge is 0.182 e. The number of tetrazole rings is 1. The van der Waals surface area contributed by atoms with Crippen molar-refractivity contribution in [1.29, 1.82) is 0 Å². The second-order valence-corrected chi connectivity index (χ2v) is 5.86. The molecule has 1 heterocycles.